The Morgan fingerprint density at radius 2 is 0.900 bits per heavy atom. The van der Waals surface area contributed by atoms with Crippen LogP contribution in [-0.2, 0) is 28.7 Å². The summed E-state index contributed by atoms with van der Waals surface area (Å²) in [6.45, 7) is 9.52. The quantitative estimate of drug-likeness (QED) is 0.436. The average molecular weight is 284 g/mol. The van der Waals surface area contributed by atoms with Crippen molar-refractivity contribution in [2.75, 3.05) is 0 Å². The molecule has 20 heavy (non-hydrogen) atoms. The summed E-state index contributed by atoms with van der Waals surface area (Å²) in [5, 5.41) is 0. The molecule has 0 aromatic carbocycles. The van der Waals surface area contributed by atoms with Crippen molar-refractivity contribution >= 4 is 23.9 Å². The number of esters is 4. The zero-order valence-corrected chi connectivity index (χ0v) is 12.6. The molecule has 6 heteroatoms. The van der Waals surface area contributed by atoms with E-state index in [1.807, 2.05) is 0 Å². The van der Waals surface area contributed by atoms with E-state index in [4.69, 9.17) is 0 Å². The third kappa shape index (κ3) is 6.82. The third-order valence-corrected chi connectivity index (χ3v) is 1.97. The van der Waals surface area contributed by atoms with E-state index in [0.717, 1.165) is 12.2 Å². The van der Waals surface area contributed by atoms with Crippen molar-refractivity contribution in [1.82, 2.24) is 0 Å². The molecule has 112 valence electrons. The molecule has 0 unspecified atom stereocenters. The van der Waals surface area contributed by atoms with Crippen LogP contribution in [0, 0.1) is 10.8 Å². The number of carbonyl (C=O) groups excluding carboxylic acids is 4. The van der Waals surface area contributed by atoms with E-state index in [1.165, 1.54) is 0 Å². The Labute approximate surface area is 118 Å². The highest BCUT2D eigenvalue weighted by molar-refractivity contribution is 6.00. The minimum atomic E-state index is -0.995. The number of hydrogen-bond donors (Lipinski definition) is 0. The first-order valence-electron chi connectivity index (χ1n) is 6.04. The predicted octanol–water partition coefficient (Wildman–Crippen LogP) is 1.77. The van der Waals surface area contributed by atoms with Crippen LogP contribution in [-0.4, -0.2) is 23.9 Å². The van der Waals surface area contributed by atoms with E-state index in [2.05, 4.69) is 9.47 Å². The molecule has 0 heterocycles. The topological polar surface area (TPSA) is 86.7 Å². The monoisotopic (exact) mass is 284 g/mol. The van der Waals surface area contributed by atoms with E-state index >= 15 is 0 Å². The smallest absolute Gasteiger partial charge is 0.338 e. The molecule has 0 amide bonds. The Morgan fingerprint density at radius 1 is 0.650 bits per heavy atom. The molecular weight excluding hydrogens is 264 g/mol. The normalized spacial score (nSPS) is 12.1. The van der Waals surface area contributed by atoms with Crippen molar-refractivity contribution in [1.29, 1.82) is 0 Å². The molecule has 6 nitrogen and oxygen atoms in total. The van der Waals surface area contributed by atoms with Gasteiger partial charge in [0.05, 0.1) is 10.8 Å². The second kappa shape index (κ2) is 6.45. The van der Waals surface area contributed by atoms with Crippen molar-refractivity contribution in [2.24, 2.45) is 10.8 Å². The van der Waals surface area contributed by atoms with Gasteiger partial charge in [-0.3, -0.25) is 9.59 Å². The average Bonchev–Trinajstić information content (AvgIpc) is 2.23. The Bertz CT molecular complexity index is 403. The summed E-state index contributed by atoms with van der Waals surface area (Å²) >= 11 is 0. The molecule has 0 aliphatic carbocycles. The summed E-state index contributed by atoms with van der Waals surface area (Å²) in [5.41, 5.74) is -1.65. The van der Waals surface area contributed by atoms with Crippen molar-refractivity contribution in [3.05, 3.63) is 12.2 Å². The van der Waals surface area contributed by atoms with E-state index in [0.29, 0.717) is 0 Å². The molecule has 0 atom stereocenters. The highest BCUT2D eigenvalue weighted by Gasteiger charge is 2.26. The van der Waals surface area contributed by atoms with Crippen LogP contribution in [0.2, 0.25) is 0 Å². The van der Waals surface area contributed by atoms with Crippen LogP contribution in [0.15, 0.2) is 12.2 Å². The van der Waals surface area contributed by atoms with E-state index in [1.54, 1.807) is 41.5 Å². The first-order chi connectivity index (χ1) is 8.84. The van der Waals surface area contributed by atoms with Gasteiger partial charge in [-0.2, -0.15) is 0 Å². The molecule has 0 aliphatic rings. The zero-order valence-electron chi connectivity index (χ0n) is 12.6. The summed E-state index contributed by atoms with van der Waals surface area (Å²) in [4.78, 5) is 45.3. The molecule has 0 bridgehead atoms. The fraction of sp³-hybridized carbons (Fsp3) is 0.571. The zero-order chi connectivity index (χ0) is 16.1. The molecule has 0 aromatic rings. The Kier molecular flexibility index (Phi) is 5.81. The number of rotatable bonds is 2. The van der Waals surface area contributed by atoms with Crippen LogP contribution in [0.25, 0.3) is 0 Å². The van der Waals surface area contributed by atoms with Crippen molar-refractivity contribution < 1.29 is 28.7 Å². The van der Waals surface area contributed by atoms with E-state index in [9.17, 15) is 19.2 Å². The fourth-order valence-electron chi connectivity index (χ4n) is 0.693. The minimum Gasteiger partial charge on any atom is -0.389 e. The number of carbonyl (C=O) groups is 4. The van der Waals surface area contributed by atoms with E-state index in [-0.39, 0.29) is 0 Å². The SMILES string of the molecule is CC(C)(C)C(=O)OC(=O)/C=C\C(=O)OC(=O)C(C)(C)C. The first-order valence-corrected chi connectivity index (χ1v) is 6.04. The maximum atomic E-state index is 11.4. The first kappa shape index (κ1) is 18.0. The highest BCUT2D eigenvalue weighted by Crippen LogP contribution is 2.16. The summed E-state index contributed by atoms with van der Waals surface area (Å²) in [7, 11) is 0. The Balaban J connectivity index is 4.44. The third-order valence-electron chi connectivity index (χ3n) is 1.97. The van der Waals surface area contributed by atoms with Gasteiger partial charge in [-0.05, 0) is 41.5 Å². The number of hydrogen-bond acceptors (Lipinski definition) is 6. The second-order valence-electron chi connectivity index (χ2n) is 6.25. The highest BCUT2D eigenvalue weighted by atomic mass is 16.6. The van der Waals surface area contributed by atoms with Crippen LogP contribution in [0.4, 0.5) is 0 Å². The van der Waals surface area contributed by atoms with Gasteiger partial charge in [-0.1, -0.05) is 0 Å². The van der Waals surface area contributed by atoms with Gasteiger partial charge in [-0.15, -0.1) is 0 Å². The van der Waals surface area contributed by atoms with Gasteiger partial charge in [0.25, 0.3) is 0 Å². The summed E-state index contributed by atoms with van der Waals surface area (Å²) in [5.74, 6) is -3.42. The number of ether oxygens (including phenoxy) is 2. The molecular formula is C14H20O6. The molecule has 0 aromatic heterocycles. The van der Waals surface area contributed by atoms with Crippen LogP contribution >= 0.6 is 0 Å². The van der Waals surface area contributed by atoms with Gasteiger partial charge in [0.1, 0.15) is 0 Å². The van der Waals surface area contributed by atoms with Crippen molar-refractivity contribution in [2.45, 2.75) is 41.5 Å². The van der Waals surface area contributed by atoms with Gasteiger partial charge >= 0.3 is 23.9 Å². The van der Waals surface area contributed by atoms with Gasteiger partial charge in [0.15, 0.2) is 0 Å². The fourth-order valence-corrected chi connectivity index (χ4v) is 0.693. The summed E-state index contributed by atoms with van der Waals surface area (Å²) in [6, 6.07) is 0. The van der Waals surface area contributed by atoms with Crippen LogP contribution in [0.3, 0.4) is 0 Å². The molecule has 0 N–H and O–H groups in total. The maximum absolute atomic E-state index is 11.4. The lowest BCUT2D eigenvalue weighted by atomic mass is 9.97. The van der Waals surface area contributed by atoms with Crippen LogP contribution in [0.5, 0.6) is 0 Å². The van der Waals surface area contributed by atoms with Crippen molar-refractivity contribution in [3.8, 4) is 0 Å². The van der Waals surface area contributed by atoms with Crippen LogP contribution < -0.4 is 0 Å². The summed E-state index contributed by atoms with van der Waals surface area (Å²) < 4.78 is 8.96. The molecule has 0 radical (unpaired) electrons. The van der Waals surface area contributed by atoms with E-state index < -0.39 is 34.7 Å². The largest absolute Gasteiger partial charge is 0.389 e. The Hall–Kier alpha value is -1.98. The Morgan fingerprint density at radius 3 is 1.10 bits per heavy atom. The molecule has 0 saturated carbocycles. The lowest BCUT2D eigenvalue weighted by molar-refractivity contribution is -0.165. The standard InChI is InChI=1S/C14H20O6/c1-13(2,3)11(17)19-9(15)7-8-10(16)20-12(18)14(4,5)6/h7-8H,1-6H3/b8-7-. The lowest BCUT2D eigenvalue weighted by Crippen LogP contribution is -2.26. The molecule has 0 rings (SSSR count). The minimum absolute atomic E-state index is 0.716. The molecule has 0 spiro atoms. The van der Waals surface area contributed by atoms with Gasteiger partial charge < -0.3 is 9.47 Å². The molecule has 0 aliphatic heterocycles. The van der Waals surface area contributed by atoms with Crippen LogP contribution in [0.1, 0.15) is 41.5 Å². The van der Waals surface area contributed by atoms with Gasteiger partial charge in [0, 0.05) is 12.2 Å². The lowest BCUT2D eigenvalue weighted by Gasteiger charge is -2.14. The molecule has 0 saturated heterocycles. The second-order valence-corrected chi connectivity index (χ2v) is 6.25. The summed E-state index contributed by atoms with van der Waals surface area (Å²) in [6.07, 6.45) is 1.48. The molecule has 0 fully saturated rings. The van der Waals surface area contributed by atoms with Crippen molar-refractivity contribution in [3.63, 3.8) is 0 Å². The predicted molar refractivity (Wildman–Crippen MR) is 70.2 cm³/mol. The van der Waals surface area contributed by atoms with Gasteiger partial charge in [0.2, 0.25) is 0 Å². The van der Waals surface area contributed by atoms with Gasteiger partial charge in [-0.25, -0.2) is 9.59 Å². The maximum Gasteiger partial charge on any atom is 0.338 e.